The second-order valence-corrected chi connectivity index (χ2v) is 12.1. The summed E-state index contributed by atoms with van der Waals surface area (Å²) in [6.07, 6.45) is 1.55. The molecule has 9 heteroatoms. The van der Waals surface area contributed by atoms with Gasteiger partial charge in [-0.1, -0.05) is 33.8 Å². The van der Waals surface area contributed by atoms with Gasteiger partial charge in [0.2, 0.25) is 0 Å². The Kier molecular flexibility index (Phi) is 5.23. The Bertz CT molecular complexity index is 1160. The second kappa shape index (κ2) is 7.33. The summed E-state index contributed by atoms with van der Waals surface area (Å²) in [7, 11) is -4.29. The number of carbonyl (C=O) groups excluding carboxylic acids is 2. The number of benzene rings is 1. The number of hydrazine groups is 1. The maximum absolute atomic E-state index is 14.4. The Morgan fingerprint density at radius 2 is 1.47 bits per heavy atom. The fraction of sp³-hybridized carbons (Fsp3) is 0.478. The van der Waals surface area contributed by atoms with E-state index in [9.17, 15) is 22.4 Å². The van der Waals surface area contributed by atoms with E-state index in [1.807, 2.05) is 27.7 Å². The van der Waals surface area contributed by atoms with Gasteiger partial charge in [-0.25, -0.2) is 12.8 Å². The SMILES string of the molecule is CC1(C)CC(=O)C2=C(C1)OC1=C(C(=O)CC(C)(C)C1)C2c1ccc(F)c(S(=O)(=O)NN)c1. The third kappa shape index (κ3) is 3.82. The highest BCUT2D eigenvalue weighted by Gasteiger charge is 2.48. The van der Waals surface area contributed by atoms with Crippen molar-refractivity contribution in [2.24, 2.45) is 16.7 Å². The molecule has 0 saturated carbocycles. The molecule has 1 aromatic rings. The number of allylic oxidation sites excluding steroid dienone is 4. The molecule has 1 heterocycles. The molecule has 1 aromatic carbocycles. The van der Waals surface area contributed by atoms with Gasteiger partial charge in [0.1, 0.15) is 22.2 Å². The first kappa shape index (κ1) is 22.8. The predicted octanol–water partition coefficient (Wildman–Crippen LogP) is 3.38. The van der Waals surface area contributed by atoms with Gasteiger partial charge in [-0.2, -0.15) is 0 Å². The lowest BCUT2D eigenvalue weighted by molar-refractivity contribution is -0.120. The van der Waals surface area contributed by atoms with Crippen LogP contribution in [-0.2, 0) is 24.3 Å². The summed E-state index contributed by atoms with van der Waals surface area (Å²) in [6, 6.07) is 3.58. The third-order valence-corrected chi connectivity index (χ3v) is 7.52. The lowest BCUT2D eigenvalue weighted by atomic mass is 9.65. The van der Waals surface area contributed by atoms with Crippen LogP contribution >= 0.6 is 0 Å². The van der Waals surface area contributed by atoms with Crippen molar-refractivity contribution in [3.8, 4) is 0 Å². The number of hydrogen-bond donors (Lipinski definition) is 2. The normalized spacial score (nSPS) is 23.1. The first-order valence-corrected chi connectivity index (χ1v) is 12.0. The van der Waals surface area contributed by atoms with Crippen LogP contribution in [-0.4, -0.2) is 20.0 Å². The molecule has 32 heavy (non-hydrogen) atoms. The van der Waals surface area contributed by atoms with Crippen molar-refractivity contribution in [1.82, 2.24) is 4.83 Å². The summed E-state index contributed by atoms with van der Waals surface area (Å²) in [6.45, 7) is 7.90. The van der Waals surface area contributed by atoms with Crippen molar-refractivity contribution in [1.29, 1.82) is 0 Å². The average molecular weight is 463 g/mol. The number of ketones is 2. The molecule has 3 N–H and O–H groups in total. The summed E-state index contributed by atoms with van der Waals surface area (Å²) in [5.74, 6) is 4.01. The van der Waals surface area contributed by atoms with Crippen LogP contribution in [0, 0.1) is 16.6 Å². The minimum Gasteiger partial charge on any atom is -0.465 e. The molecular weight excluding hydrogens is 435 g/mol. The number of halogens is 1. The first-order chi connectivity index (χ1) is 14.7. The van der Waals surface area contributed by atoms with Crippen molar-refractivity contribution in [2.45, 2.75) is 64.2 Å². The summed E-state index contributed by atoms with van der Waals surface area (Å²) >= 11 is 0. The van der Waals surface area contributed by atoms with Gasteiger partial charge < -0.3 is 4.74 Å². The monoisotopic (exact) mass is 462 g/mol. The standard InChI is InChI=1S/C23H27FN2O5S/c1-22(2)8-14(27)20-16(10-22)31-17-11-23(3,4)9-15(28)21(17)19(20)12-5-6-13(24)18(7-12)32(29,30)26-25/h5-7,19,26H,8-11,25H2,1-4H3. The molecule has 0 amide bonds. The Morgan fingerprint density at radius 1 is 0.969 bits per heavy atom. The quantitative estimate of drug-likeness (QED) is 0.526. The number of sulfonamides is 1. The zero-order chi connectivity index (χ0) is 23.6. The molecule has 0 unspecified atom stereocenters. The molecule has 1 aliphatic heterocycles. The molecule has 0 aromatic heterocycles. The van der Waals surface area contributed by atoms with Crippen LogP contribution in [0.5, 0.6) is 0 Å². The fourth-order valence-electron chi connectivity index (χ4n) is 4.98. The molecule has 3 aliphatic rings. The minimum absolute atomic E-state index is 0.156. The van der Waals surface area contributed by atoms with Gasteiger partial charge in [0.15, 0.2) is 11.6 Å². The average Bonchev–Trinajstić information content (AvgIpc) is 2.64. The molecule has 0 atom stereocenters. The van der Waals surface area contributed by atoms with Gasteiger partial charge in [0.25, 0.3) is 10.0 Å². The molecule has 0 spiro atoms. The summed E-state index contributed by atoms with van der Waals surface area (Å²) in [5, 5.41) is 0. The third-order valence-electron chi connectivity index (χ3n) is 6.32. The highest BCUT2D eigenvalue weighted by molar-refractivity contribution is 7.89. The van der Waals surface area contributed by atoms with Crippen LogP contribution in [0.2, 0.25) is 0 Å². The van der Waals surface area contributed by atoms with E-state index in [0.29, 0.717) is 41.1 Å². The molecule has 0 bridgehead atoms. The van der Waals surface area contributed by atoms with Crippen molar-refractivity contribution in [3.63, 3.8) is 0 Å². The number of hydrogen-bond acceptors (Lipinski definition) is 6. The maximum Gasteiger partial charge on any atom is 0.255 e. The summed E-state index contributed by atoms with van der Waals surface area (Å²) in [5.41, 5.74) is 0.421. The highest BCUT2D eigenvalue weighted by Crippen LogP contribution is 2.53. The molecular formula is C23H27FN2O5S. The summed E-state index contributed by atoms with van der Waals surface area (Å²) < 4.78 is 45.1. The number of carbonyl (C=O) groups is 2. The van der Waals surface area contributed by atoms with Gasteiger partial charge in [-0.3, -0.25) is 15.4 Å². The van der Waals surface area contributed by atoms with Crippen LogP contribution in [0.25, 0.3) is 0 Å². The zero-order valence-corrected chi connectivity index (χ0v) is 19.4. The van der Waals surface area contributed by atoms with Gasteiger partial charge in [0, 0.05) is 42.7 Å². The van der Waals surface area contributed by atoms with Crippen LogP contribution in [0.4, 0.5) is 4.39 Å². The van der Waals surface area contributed by atoms with E-state index in [1.165, 1.54) is 6.07 Å². The topological polar surface area (TPSA) is 116 Å². The fourth-order valence-corrected chi connectivity index (χ4v) is 5.72. The van der Waals surface area contributed by atoms with E-state index in [4.69, 9.17) is 10.6 Å². The Labute approximate surface area is 186 Å². The Balaban J connectivity index is 1.96. The molecule has 0 radical (unpaired) electrons. The van der Waals surface area contributed by atoms with Gasteiger partial charge in [-0.05, 0) is 28.5 Å². The Morgan fingerprint density at radius 3 is 1.94 bits per heavy atom. The van der Waals surface area contributed by atoms with E-state index < -0.39 is 26.7 Å². The number of ether oxygens (including phenoxy) is 1. The van der Waals surface area contributed by atoms with Crippen LogP contribution in [0.15, 0.2) is 45.8 Å². The molecule has 7 nitrogen and oxygen atoms in total. The van der Waals surface area contributed by atoms with Crippen molar-refractivity contribution >= 4 is 21.6 Å². The lowest BCUT2D eigenvalue weighted by Gasteiger charge is -2.42. The minimum atomic E-state index is -4.29. The van der Waals surface area contributed by atoms with Crippen LogP contribution in [0.3, 0.4) is 0 Å². The number of nitrogens with one attached hydrogen (secondary N) is 1. The van der Waals surface area contributed by atoms with Crippen LogP contribution in [0.1, 0.15) is 64.9 Å². The molecule has 2 aliphatic carbocycles. The van der Waals surface area contributed by atoms with Gasteiger partial charge in [0.05, 0.1) is 0 Å². The number of nitrogens with two attached hydrogens (primary N) is 1. The van der Waals surface area contributed by atoms with Crippen molar-refractivity contribution < 1.29 is 27.1 Å². The van der Waals surface area contributed by atoms with E-state index >= 15 is 0 Å². The maximum atomic E-state index is 14.4. The number of Topliss-reactive ketones (excluding diaryl/α,β-unsaturated/α-hetero) is 2. The highest BCUT2D eigenvalue weighted by atomic mass is 32.2. The van der Waals surface area contributed by atoms with E-state index in [-0.39, 0.29) is 35.2 Å². The van der Waals surface area contributed by atoms with E-state index in [2.05, 4.69) is 0 Å². The molecule has 4 rings (SSSR count). The second-order valence-electron chi connectivity index (χ2n) is 10.4. The number of rotatable bonds is 3. The largest absolute Gasteiger partial charge is 0.465 e. The Hall–Kier alpha value is -2.36. The van der Waals surface area contributed by atoms with Gasteiger partial charge in [-0.15, -0.1) is 4.83 Å². The smallest absolute Gasteiger partial charge is 0.255 e. The molecule has 172 valence electrons. The van der Waals surface area contributed by atoms with Gasteiger partial charge >= 0.3 is 0 Å². The van der Waals surface area contributed by atoms with Crippen molar-refractivity contribution in [3.05, 3.63) is 52.2 Å². The van der Waals surface area contributed by atoms with Crippen LogP contribution < -0.4 is 10.7 Å². The summed E-state index contributed by atoms with van der Waals surface area (Å²) in [4.78, 5) is 27.5. The first-order valence-electron chi connectivity index (χ1n) is 10.5. The van der Waals surface area contributed by atoms with E-state index in [1.54, 1.807) is 4.83 Å². The molecule has 0 saturated heterocycles. The zero-order valence-electron chi connectivity index (χ0n) is 18.5. The molecule has 0 fully saturated rings. The lowest BCUT2D eigenvalue weighted by Crippen LogP contribution is -2.37. The van der Waals surface area contributed by atoms with E-state index in [0.717, 1.165) is 12.1 Å². The van der Waals surface area contributed by atoms with Crippen molar-refractivity contribution in [2.75, 3.05) is 0 Å². The predicted molar refractivity (Wildman–Crippen MR) is 115 cm³/mol.